The van der Waals surface area contributed by atoms with Crippen LogP contribution in [0.5, 0.6) is 0 Å². The van der Waals surface area contributed by atoms with Crippen LogP contribution in [-0.2, 0) is 6.18 Å². The van der Waals surface area contributed by atoms with E-state index < -0.39 is 11.7 Å². The van der Waals surface area contributed by atoms with Gasteiger partial charge in [-0.2, -0.15) is 13.2 Å². The van der Waals surface area contributed by atoms with E-state index in [9.17, 15) is 18.0 Å². The molecule has 3 aromatic heterocycles. The molecule has 10 heteroatoms. The van der Waals surface area contributed by atoms with E-state index in [-0.39, 0.29) is 30.0 Å². The van der Waals surface area contributed by atoms with Crippen LogP contribution in [0, 0.1) is 12.8 Å². The molecule has 4 atom stereocenters. The fraction of sp³-hybridized carbons (Fsp3) is 0.375. The van der Waals surface area contributed by atoms with E-state index in [0.717, 1.165) is 25.1 Å². The van der Waals surface area contributed by atoms with Gasteiger partial charge in [-0.05, 0) is 62.9 Å². The van der Waals surface area contributed by atoms with Crippen molar-refractivity contribution in [3.8, 4) is 11.4 Å². The summed E-state index contributed by atoms with van der Waals surface area (Å²) in [5, 5.41) is 3.25. The first-order valence-corrected chi connectivity index (χ1v) is 11.1. The van der Waals surface area contributed by atoms with Crippen molar-refractivity contribution in [2.45, 2.75) is 51.0 Å². The van der Waals surface area contributed by atoms with Crippen LogP contribution < -0.4 is 5.32 Å². The Morgan fingerprint density at radius 1 is 1.09 bits per heavy atom. The highest BCUT2D eigenvalue weighted by Crippen LogP contribution is 2.44. The van der Waals surface area contributed by atoms with Gasteiger partial charge in [0, 0.05) is 36.4 Å². The van der Waals surface area contributed by atoms with E-state index in [1.807, 2.05) is 30.9 Å². The summed E-state index contributed by atoms with van der Waals surface area (Å²) in [7, 11) is 0. The summed E-state index contributed by atoms with van der Waals surface area (Å²) in [6.45, 7) is 3.86. The molecule has 0 unspecified atom stereocenters. The number of halogens is 3. The molecule has 7 nitrogen and oxygen atoms in total. The Morgan fingerprint density at radius 2 is 1.85 bits per heavy atom. The zero-order valence-electron chi connectivity index (χ0n) is 18.6. The summed E-state index contributed by atoms with van der Waals surface area (Å²) < 4.78 is 38.6. The van der Waals surface area contributed by atoms with Crippen LogP contribution in [0.1, 0.15) is 41.5 Å². The number of hydrogen-bond acceptors (Lipinski definition) is 6. The van der Waals surface area contributed by atoms with Gasteiger partial charge in [0.05, 0.1) is 17.2 Å². The zero-order valence-corrected chi connectivity index (χ0v) is 18.6. The minimum Gasteiger partial charge on any atom is -0.365 e. The van der Waals surface area contributed by atoms with Gasteiger partial charge < -0.3 is 10.2 Å². The molecule has 1 amide bonds. The molecule has 1 saturated heterocycles. The molecular formula is C24H23F3N6O. The average Bonchev–Trinajstić information content (AvgIpc) is 3.36. The van der Waals surface area contributed by atoms with Gasteiger partial charge in [0.2, 0.25) is 0 Å². The van der Waals surface area contributed by atoms with Crippen LogP contribution in [0.15, 0.2) is 48.9 Å². The number of aromatic nitrogens is 4. The average molecular weight is 468 g/mol. The van der Waals surface area contributed by atoms with Gasteiger partial charge in [-0.25, -0.2) is 19.9 Å². The maximum Gasteiger partial charge on any atom is 0.417 e. The maximum absolute atomic E-state index is 13.8. The summed E-state index contributed by atoms with van der Waals surface area (Å²) in [6, 6.07) is 7.46. The number of piperidine rings is 1. The van der Waals surface area contributed by atoms with Crippen LogP contribution in [0.3, 0.4) is 0 Å². The number of amides is 1. The summed E-state index contributed by atoms with van der Waals surface area (Å²) in [5.41, 5.74) is 0.790. The first-order chi connectivity index (χ1) is 16.2. The quantitative estimate of drug-likeness (QED) is 0.613. The smallest absolute Gasteiger partial charge is 0.365 e. The molecule has 1 N–H and O–H groups in total. The number of anilines is 1. The second-order valence-corrected chi connectivity index (χ2v) is 8.85. The number of carbonyl (C=O) groups is 1. The molecule has 176 valence electrons. The molecule has 2 bridgehead atoms. The highest BCUT2D eigenvalue weighted by molar-refractivity contribution is 5.99. The summed E-state index contributed by atoms with van der Waals surface area (Å²) in [6.07, 6.45) is 1.26. The number of nitrogens with one attached hydrogen (secondary N) is 1. The second kappa shape index (κ2) is 8.34. The molecule has 3 aromatic rings. The Kier molecular flexibility index (Phi) is 5.45. The molecule has 1 saturated carbocycles. The first kappa shape index (κ1) is 22.2. The van der Waals surface area contributed by atoms with Crippen LogP contribution >= 0.6 is 0 Å². The highest BCUT2D eigenvalue weighted by atomic mass is 19.4. The standard InChI is InChI=1S/C24H23F3N6O/c1-13-4-6-17(22-28-8-3-9-29-22)21(31-13)23(34)33-14(2)15-10-18(19(33)11-15)32-20-7-5-16(12-30-20)24(25,26)27/h3-9,12,14-15,18-19H,10-11H2,1-2H3,(H,30,32)/t14-,15+,18-,19+/m1/s1. The molecule has 34 heavy (non-hydrogen) atoms. The number of likely N-dealkylation sites (tertiary alicyclic amines) is 1. The van der Waals surface area contributed by atoms with Crippen molar-refractivity contribution < 1.29 is 18.0 Å². The summed E-state index contributed by atoms with van der Waals surface area (Å²) in [5.74, 6) is 0.872. The van der Waals surface area contributed by atoms with Crippen LogP contribution in [0.25, 0.3) is 11.4 Å². The largest absolute Gasteiger partial charge is 0.417 e. The van der Waals surface area contributed by atoms with E-state index >= 15 is 0 Å². The molecule has 2 aliphatic rings. The Hall–Kier alpha value is -3.56. The van der Waals surface area contributed by atoms with E-state index in [4.69, 9.17) is 0 Å². The Bertz CT molecular complexity index is 1200. The molecule has 4 heterocycles. The van der Waals surface area contributed by atoms with Crippen molar-refractivity contribution in [3.63, 3.8) is 0 Å². The minimum absolute atomic E-state index is 0.0166. The van der Waals surface area contributed by atoms with Crippen molar-refractivity contribution in [3.05, 3.63) is 65.9 Å². The Labute approximate surface area is 194 Å². The SMILES string of the molecule is Cc1ccc(-c2ncccn2)c(C(=O)N2[C@H](C)[C@H]3C[C@@H](Nc4ccc(C(F)(F)F)cn4)[C@@H]2C3)n1. The fourth-order valence-corrected chi connectivity index (χ4v) is 5.07. The number of rotatable bonds is 4. The number of hydrogen-bond donors (Lipinski definition) is 1. The molecule has 1 aliphatic carbocycles. The van der Waals surface area contributed by atoms with Crippen LogP contribution in [0.4, 0.5) is 19.0 Å². The van der Waals surface area contributed by atoms with E-state index in [2.05, 4.69) is 25.3 Å². The first-order valence-electron chi connectivity index (χ1n) is 11.1. The Balaban J connectivity index is 1.41. The van der Waals surface area contributed by atoms with Crippen molar-refractivity contribution >= 4 is 11.7 Å². The van der Waals surface area contributed by atoms with Crippen molar-refractivity contribution in [2.75, 3.05) is 5.32 Å². The number of nitrogens with zero attached hydrogens (tertiary/aromatic N) is 5. The number of alkyl halides is 3. The minimum atomic E-state index is -4.43. The van der Waals surface area contributed by atoms with Gasteiger partial charge in [0.25, 0.3) is 5.91 Å². The van der Waals surface area contributed by atoms with Crippen molar-refractivity contribution in [1.82, 2.24) is 24.8 Å². The molecule has 0 aromatic carbocycles. The lowest BCUT2D eigenvalue weighted by molar-refractivity contribution is -0.137. The third-order valence-electron chi connectivity index (χ3n) is 6.75. The Morgan fingerprint density at radius 3 is 2.50 bits per heavy atom. The number of aryl methyl sites for hydroxylation is 1. The van der Waals surface area contributed by atoms with Gasteiger partial charge >= 0.3 is 6.18 Å². The molecule has 0 radical (unpaired) electrons. The van der Waals surface area contributed by atoms with E-state index in [1.165, 1.54) is 6.07 Å². The van der Waals surface area contributed by atoms with E-state index in [0.29, 0.717) is 28.6 Å². The van der Waals surface area contributed by atoms with Crippen LogP contribution in [-0.4, -0.2) is 48.9 Å². The topological polar surface area (TPSA) is 83.9 Å². The van der Waals surface area contributed by atoms with Gasteiger partial charge in [0.15, 0.2) is 5.82 Å². The molecular weight excluding hydrogens is 445 g/mol. The lowest BCUT2D eigenvalue weighted by atomic mass is 9.97. The number of pyridine rings is 2. The third kappa shape index (κ3) is 3.97. The summed E-state index contributed by atoms with van der Waals surface area (Å²) in [4.78, 5) is 32.7. The van der Waals surface area contributed by atoms with Crippen molar-refractivity contribution in [1.29, 1.82) is 0 Å². The van der Waals surface area contributed by atoms with E-state index in [1.54, 1.807) is 18.5 Å². The molecule has 5 rings (SSSR count). The predicted molar refractivity (Wildman–Crippen MR) is 119 cm³/mol. The highest BCUT2D eigenvalue weighted by Gasteiger charge is 2.52. The van der Waals surface area contributed by atoms with Gasteiger partial charge in [-0.3, -0.25) is 4.79 Å². The second-order valence-electron chi connectivity index (χ2n) is 8.85. The predicted octanol–water partition coefficient (Wildman–Crippen LogP) is 4.36. The third-order valence-corrected chi connectivity index (χ3v) is 6.75. The van der Waals surface area contributed by atoms with Gasteiger partial charge in [-0.15, -0.1) is 0 Å². The lowest BCUT2D eigenvalue weighted by Crippen LogP contribution is -2.52. The zero-order chi connectivity index (χ0) is 24.0. The van der Waals surface area contributed by atoms with Gasteiger partial charge in [-0.1, -0.05) is 0 Å². The van der Waals surface area contributed by atoms with Crippen LogP contribution in [0.2, 0.25) is 0 Å². The lowest BCUT2D eigenvalue weighted by Gasteiger charge is -2.38. The summed E-state index contributed by atoms with van der Waals surface area (Å²) >= 11 is 0. The molecule has 0 spiro atoms. The number of fused-ring (bicyclic) bond motifs is 2. The fourth-order valence-electron chi connectivity index (χ4n) is 5.07. The maximum atomic E-state index is 13.8. The monoisotopic (exact) mass is 468 g/mol. The number of carbonyl (C=O) groups excluding carboxylic acids is 1. The van der Waals surface area contributed by atoms with Crippen molar-refractivity contribution in [2.24, 2.45) is 5.92 Å². The molecule has 1 aliphatic heterocycles. The van der Waals surface area contributed by atoms with Gasteiger partial charge in [0.1, 0.15) is 11.5 Å². The normalized spacial score (nSPS) is 23.9. The molecule has 2 fully saturated rings.